The van der Waals surface area contributed by atoms with E-state index in [1.54, 1.807) is 11.3 Å². The fourth-order valence-electron chi connectivity index (χ4n) is 2.28. The largest absolute Gasteiger partial charge is 0.328 e. The van der Waals surface area contributed by atoms with Gasteiger partial charge < -0.3 is 4.98 Å². The highest BCUT2D eigenvalue weighted by atomic mass is 32.1. The molecule has 0 spiro atoms. The van der Waals surface area contributed by atoms with Crippen LogP contribution in [-0.4, -0.2) is 9.55 Å². The van der Waals surface area contributed by atoms with Gasteiger partial charge in [0.15, 0.2) is 0 Å². The second-order valence-corrected chi connectivity index (χ2v) is 5.31. The standard InChI is InChI=1S/C11H12N2O2S/c1-13-10(14)9-8(12-11(13)15)6-4-2-3-5-7(6)16-9/h2-5H2,1H3,(H,12,15). The van der Waals surface area contributed by atoms with E-state index in [-0.39, 0.29) is 11.2 Å². The van der Waals surface area contributed by atoms with E-state index in [0.29, 0.717) is 4.70 Å². The van der Waals surface area contributed by atoms with E-state index in [2.05, 4.69) is 4.98 Å². The van der Waals surface area contributed by atoms with Crippen molar-refractivity contribution in [1.82, 2.24) is 9.55 Å². The zero-order valence-electron chi connectivity index (χ0n) is 9.00. The Balaban J connectivity index is 2.49. The first-order chi connectivity index (χ1) is 7.68. The summed E-state index contributed by atoms with van der Waals surface area (Å²) in [7, 11) is 1.51. The molecule has 3 rings (SSSR count). The molecule has 0 saturated heterocycles. The monoisotopic (exact) mass is 236 g/mol. The molecule has 0 unspecified atom stereocenters. The van der Waals surface area contributed by atoms with Gasteiger partial charge in [-0.05, 0) is 31.2 Å². The topological polar surface area (TPSA) is 54.9 Å². The molecule has 0 fully saturated rings. The van der Waals surface area contributed by atoms with Crippen LogP contribution in [0, 0.1) is 0 Å². The average molecular weight is 236 g/mol. The molecule has 4 nitrogen and oxygen atoms in total. The van der Waals surface area contributed by atoms with Crippen molar-refractivity contribution in [3.8, 4) is 0 Å². The average Bonchev–Trinajstić information content (AvgIpc) is 2.65. The van der Waals surface area contributed by atoms with Crippen LogP contribution in [0.3, 0.4) is 0 Å². The van der Waals surface area contributed by atoms with Gasteiger partial charge in [-0.3, -0.25) is 9.36 Å². The molecular formula is C11H12N2O2S. The summed E-state index contributed by atoms with van der Waals surface area (Å²) in [6.45, 7) is 0. The van der Waals surface area contributed by atoms with Gasteiger partial charge in [-0.2, -0.15) is 0 Å². The van der Waals surface area contributed by atoms with E-state index in [4.69, 9.17) is 0 Å². The molecule has 2 aromatic rings. The number of hydrogen-bond donors (Lipinski definition) is 1. The number of aromatic amines is 1. The molecule has 16 heavy (non-hydrogen) atoms. The Bertz CT molecular complexity index is 678. The Kier molecular flexibility index (Phi) is 2.04. The second-order valence-electron chi connectivity index (χ2n) is 4.21. The molecule has 1 aliphatic carbocycles. The van der Waals surface area contributed by atoms with Gasteiger partial charge in [0, 0.05) is 11.9 Å². The third-order valence-electron chi connectivity index (χ3n) is 3.21. The minimum atomic E-state index is -0.316. The quantitative estimate of drug-likeness (QED) is 0.746. The Morgan fingerprint density at radius 1 is 1.25 bits per heavy atom. The third kappa shape index (κ3) is 1.21. The minimum absolute atomic E-state index is 0.168. The number of H-pyrrole nitrogens is 1. The summed E-state index contributed by atoms with van der Waals surface area (Å²) < 4.78 is 1.85. The van der Waals surface area contributed by atoms with Crippen molar-refractivity contribution in [3.63, 3.8) is 0 Å². The van der Waals surface area contributed by atoms with E-state index >= 15 is 0 Å². The van der Waals surface area contributed by atoms with Crippen LogP contribution in [0.25, 0.3) is 10.2 Å². The molecule has 0 atom stereocenters. The molecular weight excluding hydrogens is 224 g/mol. The Morgan fingerprint density at radius 2 is 2.00 bits per heavy atom. The van der Waals surface area contributed by atoms with E-state index in [0.717, 1.165) is 29.3 Å². The summed E-state index contributed by atoms with van der Waals surface area (Å²) in [6, 6.07) is 0. The van der Waals surface area contributed by atoms with Crippen LogP contribution in [0.2, 0.25) is 0 Å². The maximum Gasteiger partial charge on any atom is 0.328 e. The summed E-state index contributed by atoms with van der Waals surface area (Å²) in [5, 5.41) is 0. The lowest BCUT2D eigenvalue weighted by molar-refractivity contribution is 0.698. The smallest absolute Gasteiger partial charge is 0.306 e. The fourth-order valence-corrected chi connectivity index (χ4v) is 3.60. The van der Waals surface area contributed by atoms with Crippen molar-refractivity contribution in [2.75, 3.05) is 0 Å². The lowest BCUT2D eigenvalue weighted by Gasteiger charge is -2.09. The van der Waals surface area contributed by atoms with Gasteiger partial charge in [-0.1, -0.05) is 0 Å². The van der Waals surface area contributed by atoms with Crippen molar-refractivity contribution in [2.24, 2.45) is 7.05 Å². The number of aromatic nitrogens is 2. The molecule has 0 aliphatic heterocycles. The SMILES string of the molecule is Cn1c(=O)[nH]c2c3c(sc2c1=O)CCCC3. The highest BCUT2D eigenvalue weighted by Crippen LogP contribution is 2.32. The number of nitrogens with zero attached hydrogens (tertiary/aromatic N) is 1. The van der Waals surface area contributed by atoms with Crippen LogP contribution in [-0.2, 0) is 19.9 Å². The van der Waals surface area contributed by atoms with Gasteiger partial charge >= 0.3 is 5.69 Å². The van der Waals surface area contributed by atoms with Crippen LogP contribution in [0.4, 0.5) is 0 Å². The number of thiophene rings is 1. The van der Waals surface area contributed by atoms with Gasteiger partial charge in [0.25, 0.3) is 5.56 Å². The van der Waals surface area contributed by atoms with E-state index in [1.807, 2.05) is 0 Å². The lowest BCUT2D eigenvalue weighted by Crippen LogP contribution is -2.31. The summed E-state index contributed by atoms with van der Waals surface area (Å²) in [5.74, 6) is 0. The fraction of sp³-hybridized carbons (Fsp3) is 0.455. The van der Waals surface area contributed by atoms with Crippen LogP contribution in [0.15, 0.2) is 9.59 Å². The molecule has 84 valence electrons. The predicted molar refractivity (Wildman–Crippen MR) is 64.3 cm³/mol. The zero-order chi connectivity index (χ0) is 11.3. The minimum Gasteiger partial charge on any atom is -0.306 e. The maximum absolute atomic E-state index is 11.9. The first kappa shape index (κ1) is 9.84. The Labute approximate surface area is 95.5 Å². The van der Waals surface area contributed by atoms with Gasteiger partial charge in [-0.25, -0.2) is 4.79 Å². The van der Waals surface area contributed by atoms with Crippen LogP contribution < -0.4 is 11.2 Å². The molecule has 2 heterocycles. The molecule has 1 N–H and O–H groups in total. The first-order valence-corrected chi connectivity index (χ1v) is 6.23. The highest BCUT2D eigenvalue weighted by molar-refractivity contribution is 7.19. The Morgan fingerprint density at radius 3 is 2.81 bits per heavy atom. The molecule has 1 aliphatic rings. The Hall–Kier alpha value is -1.36. The van der Waals surface area contributed by atoms with Crippen molar-refractivity contribution in [3.05, 3.63) is 31.3 Å². The number of aryl methyl sites for hydroxylation is 2. The molecule has 0 bridgehead atoms. The number of fused-ring (bicyclic) bond motifs is 3. The van der Waals surface area contributed by atoms with Crippen molar-refractivity contribution >= 4 is 21.6 Å². The maximum atomic E-state index is 11.9. The molecule has 5 heteroatoms. The highest BCUT2D eigenvalue weighted by Gasteiger charge is 2.19. The molecule has 0 aromatic carbocycles. The van der Waals surface area contributed by atoms with Gasteiger partial charge in [0.05, 0.1) is 5.52 Å². The predicted octanol–water partition coefficient (Wildman–Crippen LogP) is 1.17. The van der Waals surface area contributed by atoms with Gasteiger partial charge in [0.1, 0.15) is 4.70 Å². The first-order valence-electron chi connectivity index (χ1n) is 5.42. The van der Waals surface area contributed by atoms with E-state index in [1.165, 1.54) is 23.9 Å². The van der Waals surface area contributed by atoms with Crippen molar-refractivity contribution < 1.29 is 0 Å². The van der Waals surface area contributed by atoms with Crippen molar-refractivity contribution in [1.29, 1.82) is 0 Å². The van der Waals surface area contributed by atoms with E-state index in [9.17, 15) is 9.59 Å². The normalized spacial score (nSPS) is 15.3. The number of hydrogen-bond acceptors (Lipinski definition) is 3. The summed E-state index contributed by atoms with van der Waals surface area (Å²) in [6.07, 6.45) is 4.36. The molecule has 0 radical (unpaired) electrons. The van der Waals surface area contributed by atoms with Gasteiger partial charge in [-0.15, -0.1) is 11.3 Å². The van der Waals surface area contributed by atoms with Crippen LogP contribution in [0.1, 0.15) is 23.3 Å². The second kappa shape index (κ2) is 3.31. The number of rotatable bonds is 0. The van der Waals surface area contributed by atoms with Crippen molar-refractivity contribution in [2.45, 2.75) is 25.7 Å². The summed E-state index contributed by atoms with van der Waals surface area (Å²) in [5.41, 5.74) is 1.50. The summed E-state index contributed by atoms with van der Waals surface area (Å²) in [4.78, 5) is 27.6. The van der Waals surface area contributed by atoms with Crippen LogP contribution in [0.5, 0.6) is 0 Å². The molecule has 0 amide bonds. The van der Waals surface area contributed by atoms with Crippen LogP contribution >= 0.6 is 11.3 Å². The van der Waals surface area contributed by atoms with E-state index < -0.39 is 0 Å². The molecule has 2 aromatic heterocycles. The summed E-state index contributed by atoms with van der Waals surface area (Å²) >= 11 is 1.55. The third-order valence-corrected chi connectivity index (χ3v) is 4.49. The number of nitrogens with one attached hydrogen (secondary N) is 1. The van der Waals surface area contributed by atoms with Gasteiger partial charge in [0.2, 0.25) is 0 Å². The molecule has 0 saturated carbocycles. The zero-order valence-corrected chi connectivity index (χ0v) is 9.82. The lowest BCUT2D eigenvalue weighted by atomic mass is 9.98.